The average molecular weight is 646 g/mol. The highest BCUT2D eigenvalue weighted by Crippen LogP contribution is 2.28. The summed E-state index contributed by atoms with van der Waals surface area (Å²) in [6.45, 7) is 1.07. The molecule has 3 rings (SSSR count). The number of ether oxygens (including phenoxy) is 2. The van der Waals surface area contributed by atoms with Gasteiger partial charge in [-0.1, -0.05) is 74.0 Å². The molecule has 2 atom stereocenters. The van der Waals surface area contributed by atoms with Crippen LogP contribution in [0.1, 0.15) is 61.4 Å². The molecule has 44 heavy (non-hydrogen) atoms. The topological polar surface area (TPSA) is 140 Å². The van der Waals surface area contributed by atoms with Crippen molar-refractivity contribution in [3.8, 4) is 0 Å². The van der Waals surface area contributed by atoms with E-state index in [-0.39, 0.29) is 36.3 Å². The van der Waals surface area contributed by atoms with Crippen LogP contribution in [0.5, 0.6) is 0 Å². The number of hydrogen-bond acceptors (Lipinski definition) is 8. The number of hydrogen-bond donors (Lipinski definition) is 3. The molecule has 12 heteroatoms. The first-order valence-corrected chi connectivity index (χ1v) is 16.4. The van der Waals surface area contributed by atoms with Crippen molar-refractivity contribution in [1.82, 2.24) is 16.0 Å². The van der Waals surface area contributed by atoms with Crippen molar-refractivity contribution in [3.63, 3.8) is 0 Å². The van der Waals surface area contributed by atoms with E-state index in [1.807, 2.05) is 36.6 Å². The van der Waals surface area contributed by atoms with Gasteiger partial charge in [0.1, 0.15) is 18.6 Å². The van der Waals surface area contributed by atoms with Crippen LogP contribution >= 0.6 is 23.4 Å². The minimum atomic E-state index is -1.37. The van der Waals surface area contributed by atoms with E-state index in [4.69, 9.17) is 21.1 Å². The van der Waals surface area contributed by atoms with E-state index in [2.05, 4.69) is 16.0 Å². The maximum atomic E-state index is 13.7. The van der Waals surface area contributed by atoms with Crippen molar-refractivity contribution < 1.29 is 33.4 Å². The number of benzene rings is 2. The van der Waals surface area contributed by atoms with Gasteiger partial charge in [-0.05, 0) is 49.3 Å². The van der Waals surface area contributed by atoms with Crippen molar-refractivity contribution in [2.75, 3.05) is 26.0 Å². The van der Waals surface area contributed by atoms with Crippen LogP contribution in [-0.4, -0.2) is 67.6 Å². The van der Waals surface area contributed by atoms with Crippen LogP contribution in [0.25, 0.3) is 0 Å². The van der Waals surface area contributed by atoms with E-state index >= 15 is 0 Å². The molecule has 3 amide bonds. The lowest BCUT2D eigenvalue weighted by molar-refractivity contribution is -0.146. The predicted octanol–water partition coefficient (Wildman–Crippen LogP) is 4.08. The molecule has 1 aliphatic rings. The normalized spacial score (nSPS) is 14.6. The van der Waals surface area contributed by atoms with Gasteiger partial charge in [0.25, 0.3) is 11.8 Å². The lowest BCUT2D eigenvalue weighted by Gasteiger charge is -2.28. The molecule has 2 aromatic carbocycles. The molecule has 0 radical (unpaired) electrons. The SMILES string of the molecule is CCOC(=O)CNC(=O)C(=O)[C@H](COCc1ccccc1)NC(=O)[C@@H](CC1CCCCC1)NC(=O)c1cc(SC)ccc1Cl. The molecule has 1 aliphatic carbocycles. The molecule has 0 aliphatic heterocycles. The minimum Gasteiger partial charge on any atom is -0.465 e. The number of thioether (sulfide) groups is 1. The number of rotatable bonds is 16. The molecular weight excluding hydrogens is 606 g/mol. The third-order valence-electron chi connectivity index (χ3n) is 7.29. The second-order valence-electron chi connectivity index (χ2n) is 10.5. The van der Waals surface area contributed by atoms with Crippen LogP contribution in [0, 0.1) is 5.92 Å². The average Bonchev–Trinajstić information content (AvgIpc) is 3.03. The van der Waals surface area contributed by atoms with Crippen molar-refractivity contribution in [2.45, 2.75) is 69.0 Å². The second-order valence-corrected chi connectivity index (χ2v) is 11.8. The van der Waals surface area contributed by atoms with E-state index in [9.17, 15) is 24.0 Å². The van der Waals surface area contributed by atoms with Crippen molar-refractivity contribution in [2.24, 2.45) is 5.92 Å². The highest BCUT2D eigenvalue weighted by atomic mass is 35.5. The van der Waals surface area contributed by atoms with Crippen LogP contribution in [0.2, 0.25) is 5.02 Å². The number of ketones is 1. The lowest BCUT2D eigenvalue weighted by atomic mass is 9.84. The Morgan fingerprint density at radius 3 is 2.39 bits per heavy atom. The fraction of sp³-hybridized carbons (Fsp3) is 0.469. The van der Waals surface area contributed by atoms with E-state index in [0.29, 0.717) is 6.42 Å². The van der Waals surface area contributed by atoms with Crippen molar-refractivity contribution in [1.29, 1.82) is 0 Å². The Morgan fingerprint density at radius 2 is 1.70 bits per heavy atom. The summed E-state index contributed by atoms with van der Waals surface area (Å²) in [5.41, 5.74) is 1.07. The molecule has 0 spiro atoms. The standard InChI is InChI=1S/C32H40ClN3O7S/c1-3-43-28(37)18-34-32(41)29(38)27(20-42-19-22-12-8-5-9-13-22)36-31(40)26(16-21-10-6-4-7-11-21)35-30(39)24-17-23(44-2)14-15-25(24)33/h5,8-9,12-15,17,21,26-27H,3-4,6-7,10-11,16,18-20H2,1-2H3,(H,34,41)(H,35,39)(H,36,40)/t26-,27+/m1/s1. The van der Waals surface area contributed by atoms with Gasteiger partial charge in [0.05, 0.1) is 30.4 Å². The Hall–Kier alpha value is -3.41. The summed E-state index contributed by atoms with van der Waals surface area (Å²) in [4.78, 5) is 65.5. The summed E-state index contributed by atoms with van der Waals surface area (Å²) >= 11 is 7.79. The first-order chi connectivity index (χ1) is 21.2. The number of amides is 3. The summed E-state index contributed by atoms with van der Waals surface area (Å²) in [7, 11) is 0. The summed E-state index contributed by atoms with van der Waals surface area (Å²) in [5, 5.41) is 7.95. The fourth-order valence-corrected chi connectivity index (χ4v) is 5.61. The first kappa shape index (κ1) is 35.1. The van der Waals surface area contributed by atoms with Gasteiger partial charge < -0.3 is 25.4 Å². The van der Waals surface area contributed by atoms with E-state index in [0.717, 1.165) is 42.6 Å². The van der Waals surface area contributed by atoms with Gasteiger partial charge in [-0.2, -0.15) is 0 Å². The van der Waals surface area contributed by atoms with Gasteiger partial charge in [0.2, 0.25) is 11.7 Å². The van der Waals surface area contributed by atoms with E-state index in [1.54, 1.807) is 25.1 Å². The number of esters is 1. The first-order valence-electron chi connectivity index (χ1n) is 14.8. The summed E-state index contributed by atoms with van der Waals surface area (Å²) in [6.07, 6.45) is 7.26. The molecular formula is C32H40ClN3O7S. The molecule has 3 N–H and O–H groups in total. The van der Waals surface area contributed by atoms with Gasteiger partial charge in [-0.3, -0.25) is 24.0 Å². The molecule has 2 aromatic rings. The second kappa shape index (κ2) is 18.4. The summed E-state index contributed by atoms with van der Waals surface area (Å²) in [6, 6.07) is 11.9. The fourth-order valence-electron chi connectivity index (χ4n) is 4.96. The zero-order valence-corrected chi connectivity index (χ0v) is 26.6. The maximum Gasteiger partial charge on any atom is 0.325 e. The largest absolute Gasteiger partial charge is 0.465 e. The molecule has 0 saturated heterocycles. The van der Waals surface area contributed by atoms with Crippen LogP contribution < -0.4 is 16.0 Å². The number of nitrogens with one attached hydrogen (secondary N) is 3. The third kappa shape index (κ3) is 11.3. The molecule has 0 aromatic heterocycles. The zero-order valence-electron chi connectivity index (χ0n) is 25.1. The summed E-state index contributed by atoms with van der Waals surface area (Å²) < 4.78 is 10.5. The lowest BCUT2D eigenvalue weighted by Crippen LogP contribution is -2.56. The number of Topliss-reactive ketones (excluding diaryl/α,β-unsaturated/α-hetero) is 1. The Balaban J connectivity index is 1.78. The monoisotopic (exact) mass is 645 g/mol. The molecule has 0 heterocycles. The third-order valence-corrected chi connectivity index (χ3v) is 8.34. The predicted molar refractivity (Wildman–Crippen MR) is 168 cm³/mol. The van der Waals surface area contributed by atoms with Crippen molar-refractivity contribution in [3.05, 3.63) is 64.7 Å². The number of carbonyl (C=O) groups is 5. The zero-order chi connectivity index (χ0) is 31.9. The highest BCUT2D eigenvalue weighted by molar-refractivity contribution is 7.98. The van der Waals surface area contributed by atoms with Crippen LogP contribution in [0.4, 0.5) is 0 Å². The highest BCUT2D eigenvalue weighted by Gasteiger charge is 2.32. The van der Waals surface area contributed by atoms with Gasteiger partial charge in [-0.25, -0.2) is 0 Å². The molecule has 0 bridgehead atoms. The molecule has 238 valence electrons. The Kier molecular flexibility index (Phi) is 14.7. The van der Waals surface area contributed by atoms with Crippen LogP contribution in [0.3, 0.4) is 0 Å². The quantitative estimate of drug-likeness (QED) is 0.141. The molecule has 10 nitrogen and oxygen atoms in total. The van der Waals surface area contributed by atoms with E-state index in [1.165, 1.54) is 11.8 Å². The van der Waals surface area contributed by atoms with Crippen LogP contribution in [0.15, 0.2) is 53.4 Å². The van der Waals surface area contributed by atoms with Gasteiger partial charge in [-0.15, -0.1) is 11.8 Å². The summed E-state index contributed by atoms with van der Waals surface area (Å²) in [5.74, 6) is -3.70. The molecule has 0 unspecified atom stereocenters. The van der Waals surface area contributed by atoms with Gasteiger partial charge in [0, 0.05) is 4.90 Å². The minimum absolute atomic E-state index is 0.121. The van der Waals surface area contributed by atoms with E-state index < -0.39 is 48.1 Å². The molecule has 1 saturated carbocycles. The Bertz CT molecular complexity index is 1290. The van der Waals surface area contributed by atoms with Crippen LogP contribution in [-0.2, 0) is 35.3 Å². The van der Waals surface area contributed by atoms with Gasteiger partial charge in [0.15, 0.2) is 0 Å². The smallest absolute Gasteiger partial charge is 0.325 e. The molecule has 1 fully saturated rings. The maximum absolute atomic E-state index is 13.7. The van der Waals surface area contributed by atoms with Crippen molar-refractivity contribution >= 4 is 52.8 Å². The number of halogens is 1. The Labute approximate surface area is 267 Å². The van der Waals surface area contributed by atoms with Gasteiger partial charge >= 0.3 is 5.97 Å². The number of carbonyl (C=O) groups excluding carboxylic acids is 5. The Morgan fingerprint density at radius 1 is 0.977 bits per heavy atom.